The number of fused-ring (bicyclic) bond motifs is 1. The summed E-state index contributed by atoms with van der Waals surface area (Å²) in [5, 5.41) is 17.0. The summed E-state index contributed by atoms with van der Waals surface area (Å²) in [5.41, 5.74) is 0.798. The van der Waals surface area contributed by atoms with Crippen LogP contribution in [-0.2, 0) is 9.47 Å². The van der Waals surface area contributed by atoms with Gasteiger partial charge in [0.05, 0.1) is 17.1 Å². The Bertz CT molecular complexity index is 1600. The molecule has 9 heteroatoms. The summed E-state index contributed by atoms with van der Waals surface area (Å²) in [5.74, 6) is -0.487. The standard InChI is InChI=1S/C31H32N2O7/c1-18-23(38-25-16-15-24(37-4)31(2,3)40-25)14-13-22-27(34)26(30(36)39-28(18)22)33-29(35)19-9-8-12-21(17-19)32-20-10-6-5-7-11-20/h5-14,17,24-25,32,34H,15-16H2,1-4H3,(H,33,35). The fraction of sp³-hybridized carbons (Fsp3) is 0.290. The first-order chi connectivity index (χ1) is 19.2. The topological polar surface area (TPSA) is 119 Å². The summed E-state index contributed by atoms with van der Waals surface area (Å²) < 4.78 is 23.3. The van der Waals surface area contributed by atoms with Crippen molar-refractivity contribution in [3.63, 3.8) is 0 Å². The average Bonchev–Trinajstić information content (AvgIpc) is 2.93. The SMILES string of the molecule is COC1CCC(Oc2ccc3c(O)c(NC(=O)c4cccc(Nc5ccccc5)c4)c(=O)oc3c2C)OC1(C)C. The van der Waals surface area contributed by atoms with E-state index in [2.05, 4.69) is 10.6 Å². The van der Waals surface area contributed by atoms with Crippen LogP contribution in [0.25, 0.3) is 11.0 Å². The summed E-state index contributed by atoms with van der Waals surface area (Å²) in [7, 11) is 1.66. The molecule has 40 heavy (non-hydrogen) atoms. The van der Waals surface area contributed by atoms with Crippen LogP contribution in [0.15, 0.2) is 75.9 Å². The Kier molecular flexibility index (Phi) is 7.51. The number of methoxy groups -OCH3 is 1. The Morgan fingerprint density at radius 3 is 2.50 bits per heavy atom. The molecule has 1 fully saturated rings. The Balaban J connectivity index is 1.36. The van der Waals surface area contributed by atoms with Gasteiger partial charge in [0, 0.05) is 36.0 Å². The third kappa shape index (κ3) is 5.52. The number of rotatable bonds is 7. The van der Waals surface area contributed by atoms with Gasteiger partial charge in [0.1, 0.15) is 11.3 Å². The van der Waals surface area contributed by atoms with Crippen molar-refractivity contribution in [3.8, 4) is 11.5 Å². The molecule has 4 aromatic rings. The van der Waals surface area contributed by atoms with E-state index in [1.807, 2.05) is 50.2 Å². The van der Waals surface area contributed by atoms with Crippen LogP contribution in [-0.4, -0.2) is 36.1 Å². The molecule has 1 aliphatic heterocycles. The van der Waals surface area contributed by atoms with Crippen LogP contribution in [0.4, 0.5) is 17.1 Å². The average molecular weight is 545 g/mol. The van der Waals surface area contributed by atoms with Crippen molar-refractivity contribution in [3.05, 3.63) is 88.3 Å². The normalized spacial score (nSPS) is 18.3. The van der Waals surface area contributed by atoms with Crippen LogP contribution in [0.3, 0.4) is 0 Å². The summed E-state index contributed by atoms with van der Waals surface area (Å²) in [6.45, 7) is 5.63. The zero-order valence-corrected chi connectivity index (χ0v) is 22.8. The fourth-order valence-electron chi connectivity index (χ4n) is 4.95. The molecule has 0 bridgehead atoms. The molecular formula is C31H32N2O7. The largest absolute Gasteiger partial charge is 0.505 e. The van der Waals surface area contributed by atoms with E-state index >= 15 is 0 Å². The van der Waals surface area contributed by atoms with E-state index in [1.165, 1.54) is 0 Å². The van der Waals surface area contributed by atoms with Crippen molar-refractivity contribution in [1.82, 2.24) is 0 Å². The van der Waals surface area contributed by atoms with E-state index in [0.29, 0.717) is 29.0 Å². The maximum Gasteiger partial charge on any atom is 0.364 e. The Morgan fingerprint density at radius 2 is 1.77 bits per heavy atom. The minimum Gasteiger partial charge on any atom is -0.505 e. The Morgan fingerprint density at radius 1 is 1.02 bits per heavy atom. The molecule has 208 valence electrons. The first kappa shape index (κ1) is 27.2. The second kappa shape index (κ2) is 11.0. The predicted octanol–water partition coefficient (Wildman–Crippen LogP) is 6.11. The van der Waals surface area contributed by atoms with E-state index < -0.39 is 23.4 Å². The van der Waals surface area contributed by atoms with Crippen molar-refractivity contribution in [1.29, 1.82) is 0 Å². The Labute approximate surface area is 231 Å². The first-order valence-electron chi connectivity index (χ1n) is 13.1. The van der Waals surface area contributed by atoms with Crippen LogP contribution < -0.4 is 21.0 Å². The number of amides is 1. The molecule has 2 atom stereocenters. The van der Waals surface area contributed by atoms with Gasteiger partial charge in [-0.05, 0) is 69.7 Å². The number of nitrogens with one attached hydrogen (secondary N) is 2. The van der Waals surface area contributed by atoms with Gasteiger partial charge in [0.25, 0.3) is 5.91 Å². The lowest BCUT2D eigenvalue weighted by atomic mass is 9.94. The fourth-order valence-corrected chi connectivity index (χ4v) is 4.95. The van der Waals surface area contributed by atoms with Gasteiger partial charge < -0.3 is 34.4 Å². The number of aryl methyl sites for hydroxylation is 1. The summed E-state index contributed by atoms with van der Waals surface area (Å²) in [4.78, 5) is 25.9. The van der Waals surface area contributed by atoms with E-state index in [1.54, 1.807) is 44.4 Å². The van der Waals surface area contributed by atoms with Gasteiger partial charge in [0.15, 0.2) is 11.4 Å². The molecule has 1 saturated heterocycles. The van der Waals surface area contributed by atoms with E-state index in [0.717, 1.165) is 12.1 Å². The summed E-state index contributed by atoms with van der Waals surface area (Å²) >= 11 is 0. The van der Waals surface area contributed by atoms with Crippen LogP contribution in [0.1, 0.15) is 42.6 Å². The van der Waals surface area contributed by atoms with Crippen molar-refractivity contribution >= 4 is 33.9 Å². The van der Waals surface area contributed by atoms with Crippen molar-refractivity contribution in [2.45, 2.75) is 51.6 Å². The minimum absolute atomic E-state index is 0.0451. The monoisotopic (exact) mass is 544 g/mol. The molecular weight excluding hydrogens is 512 g/mol. The molecule has 3 N–H and O–H groups in total. The number of aromatic hydroxyl groups is 1. The molecule has 5 rings (SSSR count). The second-order valence-corrected chi connectivity index (χ2v) is 10.3. The molecule has 2 heterocycles. The van der Waals surface area contributed by atoms with E-state index in [9.17, 15) is 14.7 Å². The summed E-state index contributed by atoms with van der Waals surface area (Å²) in [6.07, 6.45) is 0.840. The molecule has 0 radical (unpaired) electrons. The highest BCUT2D eigenvalue weighted by Gasteiger charge is 2.39. The van der Waals surface area contributed by atoms with Gasteiger partial charge >= 0.3 is 5.63 Å². The Hall–Kier alpha value is -4.34. The third-order valence-electron chi connectivity index (χ3n) is 7.09. The van der Waals surface area contributed by atoms with Gasteiger partial charge in [-0.15, -0.1) is 0 Å². The van der Waals surface area contributed by atoms with Crippen molar-refractivity contribution in [2.75, 3.05) is 17.7 Å². The number of carbonyl (C=O) groups excluding carboxylic acids is 1. The van der Waals surface area contributed by atoms with Crippen LogP contribution in [0.5, 0.6) is 11.5 Å². The van der Waals surface area contributed by atoms with Crippen molar-refractivity contribution < 1.29 is 28.5 Å². The van der Waals surface area contributed by atoms with Crippen LogP contribution >= 0.6 is 0 Å². The zero-order chi connectivity index (χ0) is 28.4. The molecule has 0 aliphatic carbocycles. The molecule has 0 spiro atoms. The highest BCUT2D eigenvalue weighted by molar-refractivity contribution is 6.07. The molecule has 2 unspecified atom stereocenters. The smallest absolute Gasteiger partial charge is 0.364 e. The molecule has 1 amide bonds. The maximum atomic E-state index is 13.0. The number of hydrogen-bond acceptors (Lipinski definition) is 8. The number of anilines is 3. The molecule has 9 nitrogen and oxygen atoms in total. The molecule has 1 aromatic heterocycles. The number of hydrogen-bond donors (Lipinski definition) is 3. The third-order valence-corrected chi connectivity index (χ3v) is 7.09. The first-order valence-corrected chi connectivity index (χ1v) is 13.1. The highest BCUT2D eigenvalue weighted by Crippen LogP contribution is 2.37. The lowest BCUT2D eigenvalue weighted by Crippen LogP contribution is -2.49. The molecule has 1 aliphatic rings. The van der Waals surface area contributed by atoms with Gasteiger partial charge in [-0.2, -0.15) is 0 Å². The number of carbonyl (C=O) groups is 1. The van der Waals surface area contributed by atoms with E-state index in [4.69, 9.17) is 18.6 Å². The van der Waals surface area contributed by atoms with Gasteiger partial charge in [-0.3, -0.25) is 4.79 Å². The summed E-state index contributed by atoms with van der Waals surface area (Å²) in [6, 6.07) is 19.6. The number of ether oxygens (including phenoxy) is 3. The highest BCUT2D eigenvalue weighted by atomic mass is 16.7. The number of para-hydroxylation sites is 1. The maximum absolute atomic E-state index is 13.0. The van der Waals surface area contributed by atoms with Gasteiger partial charge in [-0.25, -0.2) is 4.79 Å². The van der Waals surface area contributed by atoms with Crippen LogP contribution in [0.2, 0.25) is 0 Å². The van der Waals surface area contributed by atoms with Gasteiger partial charge in [0.2, 0.25) is 6.29 Å². The predicted molar refractivity (Wildman–Crippen MR) is 153 cm³/mol. The van der Waals surface area contributed by atoms with Gasteiger partial charge in [-0.1, -0.05) is 24.3 Å². The molecule has 3 aromatic carbocycles. The van der Waals surface area contributed by atoms with Crippen LogP contribution in [0, 0.1) is 6.92 Å². The van der Waals surface area contributed by atoms with E-state index in [-0.39, 0.29) is 28.5 Å². The molecule has 0 saturated carbocycles. The number of benzene rings is 3. The second-order valence-electron chi connectivity index (χ2n) is 10.3. The lowest BCUT2D eigenvalue weighted by molar-refractivity contribution is -0.233. The van der Waals surface area contributed by atoms with Crippen molar-refractivity contribution in [2.24, 2.45) is 0 Å². The zero-order valence-electron chi connectivity index (χ0n) is 22.8. The lowest BCUT2D eigenvalue weighted by Gasteiger charge is -2.41. The minimum atomic E-state index is -0.879. The quantitative estimate of drug-likeness (QED) is 0.238.